The molecule has 0 saturated carbocycles. The molecular weight excluding hydrogens is 224 g/mol. The van der Waals surface area contributed by atoms with Crippen molar-refractivity contribution in [1.29, 1.82) is 0 Å². The summed E-state index contributed by atoms with van der Waals surface area (Å²) in [6.07, 6.45) is 2.19. The first-order valence-corrected chi connectivity index (χ1v) is 6.63. The van der Waals surface area contributed by atoms with E-state index in [9.17, 15) is 0 Å². The number of benzene rings is 1. The normalized spacial score (nSPS) is 12.7. The van der Waals surface area contributed by atoms with Gasteiger partial charge in [0.25, 0.3) is 0 Å². The van der Waals surface area contributed by atoms with Gasteiger partial charge >= 0.3 is 0 Å². The summed E-state index contributed by atoms with van der Waals surface area (Å²) in [4.78, 5) is 2.21. The van der Waals surface area contributed by atoms with E-state index < -0.39 is 0 Å². The summed E-state index contributed by atoms with van der Waals surface area (Å²) in [5, 5.41) is 3.56. The third-order valence-corrected chi connectivity index (χ3v) is 2.99. The van der Waals surface area contributed by atoms with Crippen molar-refractivity contribution < 1.29 is 4.74 Å². The molecule has 0 saturated heterocycles. The minimum atomic E-state index is 0.475. The molecule has 0 spiro atoms. The van der Waals surface area contributed by atoms with Gasteiger partial charge in [-0.3, -0.25) is 0 Å². The van der Waals surface area contributed by atoms with Gasteiger partial charge in [-0.15, -0.1) is 0 Å². The minimum Gasteiger partial charge on any atom is -0.496 e. The van der Waals surface area contributed by atoms with Crippen LogP contribution in [0.2, 0.25) is 0 Å². The first-order valence-electron chi connectivity index (χ1n) is 6.63. The molecule has 1 aromatic carbocycles. The number of rotatable bonds is 8. The van der Waals surface area contributed by atoms with Crippen LogP contribution in [0.25, 0.3) is 0 Å². The van der Waals surface area contributed by atoms with Crippen molar-refractivity contribution in [3.8, 4) is 5.75 Å². The number of ether oxygens (including phenoxy) is 1. The van der Waals surface area contributed by atoms with Gasteiger partial charge in [0.2, 0.25) is 0 Å². The molecule has 0 aliphatic carbocycles. The van der Waals surface area contributed by atoms with Crippen molar-refractivity contribution in [2.24, 2.45) is 0 Å². The Kier molecular flexibility index (Phi) is 6.76. The van der Waals surface area contributed by atoms with Crippen LogP contribution < -0.4 is 10.1 Å². The Morgan fingerprint density at radius 1 is 1.28 bits per heavy atom. The predicted molar refractivity (Wildman–Crippen MR) is 77.3 cm³/mol. The molecule has 1 N–H and O–H groups in total. The van der Waals surface area contributed by atoms with Crippen LogP contribution in [0.4, 0.5) is 0 Å². The van der Waals surface area contributed by atoms with Gasteiger partial charge in [-0.2, -0.15) is 0 Å². The lowest BCUT2D eigenvalue weighted by atomic mass is 10.1. The van der Waals surface area contributed by atoms with E-state index in [-0.39, 0.29) is 0 Å². The van der Waals surface area contributed by atoms with Gasteiger partial charge in [0.1, 0.15) is 5.75 Å². The second-order valence-corrected chi connectivity index (χ2v) is 5.03. The molecule has 18 heavy (non-hydrogen) atoms. The third kappa shape index (κ3) is 5.52. The van der Waals surface area contributed by atoms with Crippen LogP contribution >= 0.6 is 0 Å². The number of nitrogens with zero attached hydrogens (tertiary/aromatic N) is 1. The summed E-state index contributed by atoms with van der Waals surface area (Å²) in [7, 11) is 5.95. The lowest BCUT2D eigenvalue weighted by Gasteiger charge is -2.16. The Morgan fingerprint density at radius 2 is 2.00 bits per heavy atom. The Balaban J connectivity index is 2.33. The van der Waals surface area contributed by atoms with Crippen molar-refractivity contribution in [3.05, 3.63) is 29.8 Å². The number of hydrogen-bond acceptors (Lipinski definition) is 3. The first kappa shape index (κ1) is 15.0. The van der Waals surface area contributed by atoms with E-state index in [0.717, 1.165) is 25.3 Å². The molecule has 0 bridgehead atoms. The highest BCUT2D eigenvalue weighted by molar-refractivity contribution is 5.33. The van der Waals surface area contributed by atoms with Gasteiger partial charge in [0.05, 0.1) is 7.11 Å². The van der Waals surface area contributed by atoms with Crippen molar-refractivity contribution in [2.45, 2.75) is 25.8 Å². The summed E-state index contributed by atoms with van der Waals surface area (Å²) in [5.41, 5.74) is 1.27. The molecule has 0 aliphatic heterocycles. The highest BCUT2D eigenvalue weighted by Crippen LogP contribution is 2.18. The van der Waals surface area contributed by atoms with Crippen LogP contribution in [0.3, 0.4) is 0 Å². The lowest BCUT2D eigenvalue weighted by Crippen LogP contribution is -2.30. The van der Waals surface area contributed by atoms with Crippen molar-refractivity contribution in [2.75, 3.05) is 34.3 Å². The molecule has 0 heterocycles. The molecule has 0 fully saturated rings. The highest BCUT2D eigenvalue weighted by Gasteiger charge is 2.07. The molecule has 3 heteroatoms. The van der Waals surface area contributed by atoms with E-state index in [2.05, 4.69) is 43.4 Å². The van der Waals surface area contributed by atoms with Gasteiger partial charge in [-0.05, 0) is 58.6 Å². The average molecular weight is 250 g/mol. The fraction of sp³-hybridized carbons (Fsp3) is 0.600. The van der Waals surface area contributed by atoms with E-state index in [4.69, 9.17) is 4.74 Å². The molecule has 1 atom stereocenters. The molecule has 0 radical (unpaired) electrons. The maximum Gasteiger partial charge on any atom is 0.122 e. The largest absolute Gasteiger partial charge is 0.496 e. The van der Waals surface area contributed by atoms with Gasteiger partial charge in [-0.1, -0.05) is 18.2 Å². The number of para-hydroxylation sites is 1. The predicted octanol–water partition coefficient (Wildman–Crippen LogP) is 2.17. The summed E-state index contributed by atoms with van der Waals surface area (Å²) in [6.45, 7) is 4.42. The van der Waals surface area contributed by atoms with Gasteiger partial charge < -0.3 is 15.0 Å². The monoisotopic (exact) mass is 250 g/mol. The zero-order valence-electron chi connectivity index (χ0n) is 12.1. The lowest BCUT2D eigenvalue weighted by molar-refractivity contribution is 0.385. The second-order valence-electron chi connectivity index (χ2n) is 5.03. The molecule has 0 aliphatic rings. The van der Waals surface area contributed by atoms with Crippen molar-refractivity contribution >= 4 is 0 Å². The fourth-order valence-corrected chi connectivity index (χ4v) is 2.02. The maximum atomic E-state index is 5.37. The number of methoxy groups -OCH3 is 1. The van der Waals surface area contributed by atoms with Crippen molar-refractivity contribution in [3.63, 3.8) is 0 Å². The summed E-state index contributed by atoms with van der Waals surface area (Å²) >= 11 is 0. The van der Waals surface area contributed by atoms with Gasteiger partial charge in [0.15, 0.2) is 0 Å². The number of hydrogen-bond donors (Lipinski definition) is 1. The average Bonchev–Trinajstić information content (AvgIpc) is 2.35. The van der Waals surface area contributed by atoms with Gasteiger partial charge in [0, 0.05) is 6.04 Å². The summed E-state index contributed by atoms with van der Waals surface area (Å²) in [6, 6.07) is 8.71. The minimum absolute atomic E-state index is 0.475. The molecule has 0 aromatic heterocycles. The first-order chi connectivity index (χ1) is 8.63. The van der Waals surface area contributed by atoms with E-state index in [1.807, 2.05) is 12.1 Å². The van der Waals surface area contributed by atoms with Crippen molar-refractivity contribution in [1.82, 2.24) is 10.2 Å². The van der Waals surface area contributed by atoms with Crippen LogP contribution in [0.5, 0.6) is 5.75 Å². The zero-order chi connectivity index (χ0) is 13.4. The quantitative estimate of drug-likeness (QED) is 0.716. The van der Waals surface area contributed by atoms with E-state index in [1.165, 1.54) is 12.0 Å². The van der Waals surface area contributed by atoms with E-state index in [1.54, 1.807) is 7.11 Å². The van der Waals surface area contributed by atoms with E-state index >= 15 is 0 Å². The standard InChI is InChI=1S/C15H26N2O/c1-13(16-10-7-11-17(2)3)12-14-8-5-6-9-15(14)18-4/h5-6,8-9,13,16H,7,10-12H2,1-4H3. The van der Waals surface area contributed by atoms with E-state index in [0.29, 0.717) is 6.04 Å². The third-order valence-electron chi connectivity index (χ3n) is 2.99. The number of nitrogens with one attached hydrogen (secondary N) is 1. The fourth-order valence-electron chi connectivity index (χ4n) is 2.02. The molecule has 102 valence electrons. The Labute approximate surface area is 111 Å². The second kappa shape index (κ2) is 8.11. The van der Waals surface area contributed by atoms with Crippen LogP contribution in [-0.4, -0.2) is 45.2 Å². The molecular formula is C15H26N2O. The van der Waals surface area contributed by atoms with Crippen LogP contribution in [-0.2, 0) is 6.42 Å². The molecule has 0 amide bonds. The molecule has 3 nitrogen and oxygen atoms in total. The Morgan fingerprint density at radius 3 is 2.67 bits per heavy atom. The highest BCUT2D eigenvalue weighted by atomic mass is 16.5. The smallest absolute Gasteiger partial charge is 0.122 e. The Hall–Kier alpha value is -1.06. The summed E-state index contributed by atoms with van der Waals surface area (Å²) in [5.74, 6) is 0.986. The topological polar surface area (TPSA) is 24.5 Å². The summed E-state index contributed by atoms with van der Waals surface area (Å²) < 4.78 is 5.37. The van der Waals surface area contributed by atoms with Crippen LogP contribution in [0, 0.1) is 0 Å². The Bertz CT molecular complexity index is 339. The molecule has 1 unspecified atom stereocenters. The maximum absolute atomic E-state index is 5.37. The van der Waals surface area contributed by atoms with Crippen LogP contribution in [0.1, 0.15) is 18.9 Å². The molecule has 1 rings (SSSR count). The van der Waals surface area contributed by atoms with Crippen LogP contribution in [0.15, 0.2) is 24.3 Å². The SMILES string of the molecule is COc1ccccc1CC(C)NCCCN(C)C. The molecule has 1 aromatic rings. The van der Waals surface area contributed by atoms with Gasteiger partial charge in [-0.25, -0.2) is 0 Å². The zero-order valence-corrected chi connectivity index (χ0v) is 12.1.